The minimum Gasteiger partial charge on any atom is -0.480 e. The van der Waals surface area contributed by atoms with Gasteiger partial charge in [-0.1, -0.05) is 12.1 Å². The van der Waals surface area contributed by atoms with Gasteiger partial charge in [-0.05, 0) is 31.2 Å². The van der Waals surface area contributed by atoms with Crippen LogP contribution in [0.2, 0.25) is 0 Å². The van der Waals surface area contributed by atoms with E-state index in [4.69, 9.17) is 9.52 Å². The zero-order valence-electron chi connectivity index (χ0n) is 13.0. The first kappa shape index (κ1) is 16.7. The number of nitrogens with zero attached hydrogens (tertiary/aromatic N) is 1. The zero-order chi connectivity index (χ0) is 17.0. The van der Waals surface area contributed by atoms with Gasteiger partial charge < -0.3 is 14.4 Å². The number of likely N-dealkylation sites (N-methyl/N-ethyl adjacent to an activating group) is 1. The molecular formula is C17H18FNO4. The highest BCUT2D eigenvalue weighted by atomic mass is 19.1. The van der Waals surface area contributed by atoms with Crippen LogP contribution in [0.4, 0.5) is 4.39 Å². The van der Waals surface area contributed by atoms with Gasteiger partial charge >= 0.3 is 5.97 Å². The van der Waals surface area contributed by atoms with Crippen LogP contribution < -0.4 is 0 Å². The van der Waals surface area contributed by atoms with Gasteiger partial charge in [0.25, 0.3) is 0 Å². The number of carboxylic acid groups (broad SMARTS) is 1. The number of benzene rings is 1. The van der Waals surface area contributed by atoms with Gasteiger partial charge in [-0.3, -0.25) is 4.79 Å². The van der Waals surface area contributed by atoms with Crippen LogP contribution in [0.5, 0.6) is 0 Å². The van der Waals surface area contributed by atoms with Gasteiger partial charge in [0.1, 0.15) is 23.4 Å². The van der Waals surface area contributed by atoms with Gasteiger partial charge in [-0.25, -0.2) is 9.18 Å². The van der Waals surface area contributed by atoms with Gasteiger partial charge in [0.05, 0.1) is 5.56 Å². The van der Waals surface area contributed by atoms with Gasteiger partial charge in [-0.15, -0.1) is 0 Å². The van der Waals surface area contributed by atoms with Gasteiger partial charge in [0, 0.05) is 19.9 Å². The van der Waals surface area contributed by atoms with E-state index in [1.54, 1.807) is 30.3 Å². The topological polar surface area (TPSA) is 70.8 Å². The number of hydrogen-bond donors (Lipinski definition) is 1. The van der Waals surface area contributed by atoms with E-state index in [2.05, 4.69) is 0 Å². The molecule has 5 nitrogen and oxygen atoms in total. The number of carboxylic acids is 1. The molecule has 0 saturated carbocycles. The van der Waals surface area contributed by atoms with Gasteiger partial charge in [-0.2, -0.15) is 0 Å². The molecule has 122 valence electrons. The van der Waals surface area contributed by atoms with E-state index < -0.39 is 12.0 Å². The summed E-state index contributed by atoms with van der Waals surface area (Å²) in [5.41, 5.74) is 0.363. The lowest BCUT2D eigenvalue weighted by Gasteiger charge is -2.21. The first-order valence-corrected chi connectivity index (χ1v) is 7.22. The van der Waals surface area contributed by atoms with Crippen molar-refractivity contribution in [3.05, 3.63) is 48.0 Å². The fourth-order valence-corrected chi connectivity index (χ4v) is 2.11. The minimum absolute atomic E-state index is 0.123. The predicted molar refractivity (Wildman–Crippen MR) is 82.3 cm³/mol. The summed E-state index contributed by atoms with van der Waals surface area (Å²) < 4.78 is 19.3. The van der Waals surface area contributed by atoms with Crippen molar-refractivity contribution in [2.75, 3.05) is 7.05 Å². The number of aryl methyl sites for hydroxylation is 1. The standard InChI is InChI=1S/C17H18FNO4/c1-11(17(21)22)19(2)16(20)10-8-12-7-9-15(23-12)13-5-3-4-6-14(13)18/h3-7,9,11H,8,10H2,1-2H3,(H,21,22). The molecule has 1 aromatic heterocycles. The molecule has 0 spiro atoms. The van der Waals surface area contributed by atoms with E-state index >= 15 is 0 Å². The molecule has 2 aromatic rings. The smallest absolute Gasteiger partial charge is 0.326 e. The Kier molecular flexibility index (Phi) is 5.16. The summed E-state index contributed by atoms with van der Waals surface area (Å²) >= 11 is 0. The number of aliphatic carboxylic acids is 1. The second kappa shape index (κ2) is 7.09. The summed E-state index contributed by atoms with van der Waals surface area (Å²) in [6, 6.07) is 8.74. The Morgan fingerprint density at radius 2 is 1.96 bits per heavy atom. The Bertz CT molecular complexity index is 710. The molecule has 6 heteroatoms. The fraction of sp³-hybridized carbons (Fsp3) is 0.294. The average Bonchev–Trinajstić information content (AvgIpc) is 3.00. The highest BCUT2D eigenvalue weighted by Crippen LogP contribution is 2.25. The van der Waals surface area contributed by atoms with Gasteiger partial charge in [0.2, 0.25) is 5.91 Å². The van der Waals surface area contributed by atoms with Crippen molar-refractivity contribution in [1.29, 1.82) is 0 Å². The van der Waals surface area contributed by atoms with Crippen LogP contribution in [0.1, 0.15) is 19.1 Å². The number of amides is 1. The van der Waals surface area contributed by atoms with Crippen LogP contribution in [0.3, 0.4) is 0 Å². The number of furan rings is 1. The first-order chi connectivity index (χ1) is 10.9. The van der Waals surface area contributed by atoms with Crippen LogP contribution in [-0.2, 0) is 16.0 Å². The minimum atomic E-state index is -1.05. The Labute approximate surface area is 133 Å². The third kappa shape index (κ3) is 3.97. The molecule has 0 fully saturated rings. The molecular weight excluding hydrogens is 301 g/mol. The summed E-state index contributed by atoms with van der Waals surface area (Å²) in [6.45, 7) is 1.45. The van der Waals surface area contributed by atoms with Crippen molar-refractivity contribution in [3.63, 3.8) is 0 Å². The van der Waals surface area contributed by atoms with Crippen molar-refractivity contribution in [3.8, 4) is 11.3 Å². The summed E-state index contributed by atoms with van der Waals surface area (Å²) in [4.78, 5) is 24.0. The summed E-state index contributed by atoms with van der Waals surface area (Å²) in [5, 5.41) is 8.89. The molecule has 1 aromatic carbocycles. The molecule has 1 heterocycles. The summed E-state index contributed by atoms with van der Waals surface area (Å²) in [7, 11) is 1.45. The predicted octanol–water partition coefficient (Wildman–Crippen LogP) is 2.95. The quantitative estimate of drug-likeness (QED) is 0.888. The van der Waals surface area contributed by atoms with Crippen LogP contribution in [0.15, 0.2) is 40.8 Å². The second-order valence-electron chi connectivity index (χ2n) is 5.26. The van der Waals surface area contributed by atoms with Crippen molar-refractivity contribution < 1.29 is 23.5 Å². The number of carbonyl (C=O) groups excluding carboxylic acids is 1. The van der Waals surface area contributed by atoms with Crippen molar-refractivity contribution >= 4 is 11.9 Å². The SMILES string of the molecule is CC(C(=O)O)N(C)C(=O)CCc1ccc(-c2ccccc2F)o1. The normalized spacial score (nSPS) is 12.0. The van der Waals surface area contributed by atoms with Crippen molar-refractivity contribution in [2.24, 2.45) is 0 Å². The molecule has 0 aliphatic rings. The molecule has 0 bridgehead atoms. The third-order valence-electron chi connectivity index (χ3n) is 3.72. The van der Waals surface area contributed by atoms with E-state index in [9.17, 15) is 14.0 Å². The van der Waals surface area contributed by atoms with E-state index in [1.165, 1.54) is 24.9 Å². The lowest BCUT2D eigenvalue weighted by molar-refractivity contribution is -0.148. The molecule has 0 aliphatic carbocycles. The Morgan fingerprint density at radius 1 is 1.26 bits per heavy atom. The number of rotatable bonds is 6. The molecule has 1 N–H and O–H groups in total. The zero-order valence-corrected chi connectivity index (χ0v) is 13.0. The highest BCUT2D eigenvalue weighted by Gasteiger charge is 2.21. The highest BCUT2D eigenvalue weighted by molar-refractivity contribution is 5.83. The maximum atomic E-state index is 13.7. The molecule has 0 aliphatic heterocycles. The number of hydrogen-bond acceptors (Lipinski definition) is 3. The van der Waals surface area contributed by atoms with Crippen molar-refractivity contribution in [2.45, 2.75) is 25.8 Å². The van der Waals surface area contributed by atoms with E-state index in [1.807, 2.05) is 0 Å². The Hall–Kier alpha value is -2.63. The van der Waals surface area contributed by atoms with E-state index in [0.29, 0.717) is 23.5 Å². The monoisotopic (exact) mass is 319 g/mol. The maximum Gasteiger partial charge on any atom is 0.326 e. The van der Waals surface area contributed by atoms with Crippen LogP contribution in [0, 0.1) is 5.82 Å². The fourth-order valence-electron chi connectivity index (χ4n) is 2.11. The van der Waals surface area contributed by atoms with E-state index in [-0.39, 0.29) is 18.1 Å². The lowest BCUT2D eigenvalue weighted by Crippen LogP contribution is -2.40. The molecule has 0 saturated heterocycles. The first-order valence-electron chi connectivity index (χ1n) is 7.22. The van der Waals surface area contributed by atoms with Crippen LogP contribution >= 0.6 is 0 Å². The maximum absolute atomic E-state index is 13.7. The molecule has 0 radical (unpaired) electrons. The second-order valence-corrected chi connectivity index (χ2v) is 5.26. The van der Waals surface area contributed by atoms with E-state index in [0.717, 1.165) is 0 Å². The third-order valence-corrected chi connectivity index (χ3v) is 3.72. The molecule has 23 heavy (non-hydrogen) atoms. The molecule has 1 amide bonds. The Morgan fingerprint density at radius 3 is 2.61 bits per heavy atom. The van der Waals surface area contributed by atoms with Crippen LogP contribution in [-0.4, -0.2) is 35.0 Å². The van der Waals surface area contributed by atoms with Gasteiger partial charge in [0.15, 0.2) is 0 Å². The lowest BCUT2D eigenvalue weighted by atomic mass is 10.1. The number of carbonyl (C=O) groups is 2. The molecule has 1 unspecified atom stereocenters. The number of halogens is 1. The molecule has 2 rings (SSSR count). The molecule has 1 atom stereocenters. The summed E-state index contributed by atoms with van der Waals surface area (Å²) in [6.07, 6.45) is 0.447. The van der Waals surface area contributed by atoms with Crippen LogP contribution in [0.25, 0.3) is 11.3 Å². The van der Waals surface area contributed by atoms with Crippen molar-refractivity contribution in [1.82, 2.24) is 4.90 Å². The Balaban J connectivity index is 1.99. The average molecular weight is 319 g/mol. The largest absolute Gasteiger partial charge is 0.480 e. The summed E-state index contributed by atoms with van der Waals surface area (Å²) in [5.74, 6) is -0.769.